The van der Waals surface area contributed by atoms with Crippen molar-refractivity contribution in [1.82, 2.24) is 14.8 Å². The van der Waals surface area contributed by atoms with Crippen LogP contribution in [-0.4, -0.2) is 20.5 Å². The fraction of sp³-hybridized carbons (Fsp3) is 0.231. The molecule has 0 atom stereocenters. The molecule has 0 N–H and O–H groups in total. The van der Waals surface area contributed by atoms with Crippen LogP contribution in [0.3, 0.4) is 0 Å². The van der Waals surface area contributed by atoms with Crippen molar-refractivity contribution in [2.45, 2.75) is 19.0 Å². The predicted octanol–water partition coefficient (Wildman–Crippen LogP) is 3.24. The van der Waals surface area contributed by atoms with Crippen LogP contribution in [0.2, 0.25) is 0 Å². The number of hydrogen-bond acceptors (Lipinski definition) is 3. The van der Waals surface area contributed by atoms with E-state index in [0.717, 1.165) is 28.0 Å². The lowest BCUT2D eigenvalue weighted by molar-refractivity contribution is 0.869. The molecule has 1 heterocycles. The molecular weight excluding hydrogens is 230 g/mol. The Morgan fingerprint density at radius 1 is 1.29 bits per heavy atom. The second-order valence-corrected chi connectivity index (χ2v) is 4.89. The minimum Gasteiger partial charge on any atom is -0.274 e. The summed E-state index contributed by atoms with van der Waals surface area (Å²) >= 11 is 1.66. The van der Waals surface area contributed by atoms with Gasteiger partial charge in [0.05, 0.1) is 0 Å². The molecule has 17 heavy (non-hydrogen) atoms. The molecule has 0 saturated carbocycles. The molecular formula is C13H15N3S. The highest BCUT2D eigenvalue weighted by molar-refractivity contribution is 7.99. The van der Waals surface area contributed by atoms with E-state index in [1.165, 1.54) is 0 Å². The summed E-state index contributed by atoms with van der Waals surface area (Å²) in [4.78, 5) is 0. The Hall–Kier alpha value is -1.55. The molecule has 0 radical (unpaired) electrons. The quantitative estimate of drug-likeness (QED) is 0.612. The molecule has 0 aliphatic carbocycles. The molecule has 1 aromatic carbocycles. The molecule has 0 unspecified atom stereocenters. The summed E-state index contributed by atoms with van der Waals surface area (Å²) in [5.74, 6) is 1.77. The van der Waals surface area contributed by atoms with Gasteiger partial charge in [-0.25, -0.2) is 0 Å². The van der Waals surface area contributed by atoms with Crippen LogP contribution in [0.25, 0.3) is 5.69 Å². The highest BCUT2D eigenvalue weighted by Gasteiger charge is 2.10. The van der Waals surface area contributed by atoms with Crippen LogP contribution in [0.1, 0.15) is 12.7 Å². The SMILES string of the molecule is C=C(C)CSc1nnc(C)n1-c1ccccc1. The van der Waals surface area contributed by atoms with Crippen LogP contribution in [-0.2, 0) is 0 Å². The Kier molecular flexibility index (Phi) is 3.64. The van der Waals surface area contributed by atoms with E-state index in [2.05, 4.69) is 33.5 Å². The van der Waals surface area contributed by atoms with E-state index < -0.39 is 0 Å². The van der Waals surface area contributed by atoms with Crippen LogP contribution >= 0.6 is 11.8 Å². The summed E-state index contributed by atoms with van der Waals surface area (Å²) in [5.41, 5.74) is 2.23. The van der Waals surface area contributed by atoms with E-state index in [4.69, 9.17) is 0 Å². The van der Waals surface area contributed by atoms with Gasteiger partial charge in [-0.15, -0.1) is 10.2 Å². The summed E-state index contributed by atoms with van der Waals surface area (Å²) in [7, 11) is 0. The summed E-state index contributed by atoms with van der Waals surface area (Å²) in [6.45, 7) is 7.88. The van der Waals surface area contributed by atoms with Crippen molar-refractivity contribution in [1.29, 1.82) is 0 Å². The third-order valence-electron chi connectivity index (χ3n) is 2.26. The average Bonchev–Trinajstić information content (AvgIpc) is 2.69. The third-order valence-corrected chi connectivity index (χ3v) is 3.42. The summed E-state index contributed by atoms with van der Waals surface area (Å²) in [5, 5.41) is 9.25. The molecule has 2 aromatic rings. The Labute approximate surface area is 106 Å². The van der Waals surface area contributed by atoms with Gasteiger partial charge in [-0.05, 0) is 26.0 Å². The zero-order valence-electron chi connectivity index (χ0n) is 10.1. The number of hydrogen-bond donors (Lipinski definition) is 0. The second kappa shape index (κ2) is 5.19. The second-order valence-electron chi connectivity index (χ2n) is 3.95. The van der Waals surface area contributed by atoms with Crippen molar-refractivity contribution in [3.05, 3.63) is 48.3 Å². The number of aryl methyl sites for hydroxylation is 1. The number of rotatable bonds is 4. The van der Waals surface area contributed by atoms with E-state index >= 15 is 0 Å². The summed E-state index contributed by atoms with van der Waals surface area (Å²) in [6, 6.07) is 10.1. The molecule has 2 rings (SSSR count). The normalized spacial score (nSPS) is 10.5. The Morgan fingerprint density at radius 2 is 2.00 bits per heavy atom. The predicted molar refractivity (Wildman–Crippen MR) is 71.6 cm³/mol. The Bertz CT molecular complexity index is 517. The van der Waals surface area contributed by atoms with Gasteiger partial charge in [-0.1, -0.05) is 42.1 Å². The van der Waals surface area contributed by atoms with Crippen LogP contribution in [0.5, 0.6) is 0 Å². The van der Waals surface area contributed by atoms with Crippen LogP contribution in [0.15, 0.2) is 47.6 Å². The maximum Gasteiger partial charge on any atom is 0.196 e. The summed E-state index contributed by atoms with van der Waals surface area (Å²) < 4.78 is 2.06. The number of aromatic nitrogens is 3. The van der Waals surface area contributed by atoms with Gasteiger partial charge in [0, 0.05) is 11.4 Å². The zero-order valence-corrected chi connectivity index (χ0v) is 10.9. The summed E-state index contributed by atoms with van der Waals surface area (Å²) in [6.07, 6.45) is 0. The maximum atomic E-state index is 4.20. The van der Waals surface area contributed by atoms with Crippen LogP contribution in [0, 0.1) is 6.92 Å². The standard InChI is InChI=1S/C13H15N3S/c1-10(2)9-17-13-15-14-11(3)16(13)12-7-5-4-6-8-12/h4-8H,1,9H2,2-3H3. The van der Waals surface area contributed by atoms with Crippen LogP contribution in [0.4, 0.5) is 0 Å². The van der Waals surface area contributed by atoms with Gasteiger partial charge in [0.1, 0.15) is 5.82 Å². The topological polar surface area (TPSA) is 30.7 Å². The monoisotopic (exact) mass is 245 g/mol. The fourth-order valence-electron chi connectivity index (χ4n) is 1.50. The lowest BCUT2D eigenvalue weighted by atomic mass is 10.3. The van der Waals surface area contributed by atoms with E-state index in [1.54, 1.807) is 11.8 Å². The highest BCUT2D eigenvalue weighted by atomic mass is 32.2. The molecule has 0 bridgehead atoms. The molecule has 0 aliphatic rings. The van der Waals surface area contributed by atoms with E-state index in [9.17, 15) is 0 Å². The van der Waals surface area contributed by atoms with Gasteiger partial charge in [0.25, 0.3) is 0 Å². The van der Waals surface area contributed by atoms with E-state index in [-0.39, 0.29) is 0 Å². The largest absolute Gasteiger partial charge is 0.274 e. The smallest absolute Gasteiger partial charge is 0.196 e. The third kappa shape index (κ3) is 2.77. The van der Waals surface area contributed by atoms with Crippen molar-refractivity contribution in [2.75, 3.05) is 5.75 Å². The molecule has 0 saturated heterocycles. The number of benzene rings is 1. The average molecular weight is 245 g/mol. The van der Waals surface area contributed by atoms with Crippen molar-refractivity contribution in [3.8, 4) is 5.69 Å². The highest BCUT2D eigenvalue weighted by Crippen LogP contribution is 2.22. The first-order valence-electron chi connectivity index (χ1n) is 5.43. The molecule has 1 aromatic heterocycles. The Morgan fingerprint density at radius 3 is 2.65 bits per heavy atom. The van der Waals surface area contributed by atoms with Gasteiger partial charge in [-0.2, -0.15) is 0 Å². The lowest BCUT2D eigenvalue weighted by Crippen LogP contribution is -1.99. The van der Waals surface area contributed by atoms with Gasteiger partial charge in [0.2, 0.25) is 0 Å². The number of thioether (sulfide) groups is 1. The van der Waals surface area contributed by atoms with Gasteiger partial charge < -0.3 is 0 Å². The first-order valence-corrected chi connectivity index (χ1v) is 6.41. The first-order chi connectivity index (χ1) is 8.18. The molecule has 88 valence electrons. The minimum atomic E-state index is 0.866. The van der Waals surface area contributed by atoms with Crippen molar-refractivity contribution >= 4 is 11.8 Å². The maximum absolute atomic E-state index is 4.20. The number of nitrogens with zero attached hydrogens (tertiary/aromatic N) is 3. The van der Waals surface area contributed by atoms with Crippen molar-refractivity contribution in [3.63, 3.8) is 0 Å². The molecule has 0 amide bonds. The zero-order chi connectivity index (χ0) is 12.3. The number of para-hydroxylation sites is 1. The van der Waals surface area contributed by atoms with Gasteiger partial charge >= 0.3 is 0 Å². The lowest BCUT2D eigenvalue weighted by Gasteiger charge is -2.07. The molecule has 0 spiro atoms. The van der Waals surface area contributed by atoms with Gasteiger partial charge in [0.15, 0.2) is 5.16 Å². The molecule has 0 fully saturated rings. The van der Waals surface area contributed by atoms with Gasteiger partial charge in [-0.3, -0.25) is 4.57 Å². The van der Waals surface area contributed by atoms with E-state index in [1.807, 2.05) is 32.0 Å². The molecule has 4 heteroatoms. The fourth-order valence-corrected chi connectivity index (χ4v) is 2.34. The Balaban J connectivity index is 2.33. The minimum absolute atomic E-state index is 0.866. The molecule has 3 nitrogen and oxygen atoms in total. The first kappa shape index (κ1) is 11.9. The van der Waals surface area contributed by atoms with E-state index in [0.29, 0.717) is 0 Å². The molecule has 0 aliphatic heterocycles. The van der Waals surface area contributed by atoms with Crippen molar-refractivity contribution < 1.29 is 0 Å². The van der Waals surface area contributed by atoms with Crippen molar-refractivity contribution in [2.24, 2.45) is 0 Å². The van der Waals surface area contributed by atoms with Crippen LogP contribution < -0.4 is 0 Å².